The van der Waals surface area contributed by atoms with Crippen LogP contribution in [0.4, 0.5) is 0 Å². The molecule has 0 saturated carbocycles. The van der Waals surface area contributed by atoms with Crippen LogP contribution < -0.4 is 5.32 Å². The molecule has 0 radical (unpaired) electrons. The standard InChI is InChI=1S/C18H20ClN3O2S/c1-10(2)22-9-8-14(18(22)24)21-16(23)15-11(3)20-17(25-15)12-4-6-13(19)7-5-12/h4-7,10,14H,8-9H2,1-3H3,(H,21,23). The van der Waals surface area contributed by atoms with Crippen LogP contribution in [0.5, 0.6) is 0 Å². The van der Waals surface area contributed by atoms with Crippen molar-refractivity contribution in [1.82, 2.24) is 15.2 Å². The zero-order valence-corrected chi connectivity index (χ0v) is 15.9. The average molecular weight is 378 g/mol. The van der Waals surface area contributed by atoms with Crippen molar-refractivity contribution in [3.8, 4) is 10.6 Å². The highest BCUT2D eigenvalue weighted by Gasteiger charge is 2.34. The van der Waals surface area contributed by atoms with Gasteiger partial charge in [0.2, 0.25) is 5.91 Å². The summed E-state index contributed by atoms with van der Waals surface area (Å²) in [6, 6.07) is 7.05. The van der Waals surface area contributed by atoms with E-state index in [1.54, 1.807) is 17.0 Å². The molecule has 1 aliphatic rings. The van der Waals surface area contributed by atoms with Gasteiger partial charge in [0.1, 0.15) is 15.9 Å². The molecule has 1 unspecified atom stereocenters. The van der Waals surface area contributed by atoms with Gasteiger partial charge in [0.05, 0.1) is 5.69 Å². The van der Waals surface area contributed by atoms with Crippen LogP contribution in [0.2, 0.25) is 5.02 Å². The second kappa shape index (κ2) is 7.14. The summed E-state index contributed by atoms with van der Waals surface area (Å²) in [6.45, 7) is 6.45. The number of likely N-dealkylation sites (tertiary alicyclic amines) is 1. The van der Waals surface area contributed by atoms with Crippen LogP contribution >= 0.6 is 22.9 Å². The summed E-state index contributed by atoms with van der Waals surface area (Å²) in [4.78, 5) is 31.8. The highest BCUT2D eigenvalue weighted by Crippen LogP contribution is 2.29. The molecule has 0 bridgehead atoms. The van der Waals surface area contributed by atoms with E-state index in [-0.39, 0.29) is 17.9 Å². The van der Waals surface area contributed by atoms with Gasteiger partial charge in [-0.05, 0) is 39.3 Å². The van der Waals surface area contributed by atoms with Gasteiger partial charge in [-0.25, -0.2) is 4.98 Å². The molecule has 1 saturated heterocycles. The van der Waals surface area contributed by atoms with Gasteiger partial charge in [-0.3, -0.25) is 9.59 Å². The van der Waals surface area contributed by atoms with Crippen LogP contribution in [0.3, 0.4) is 0 Å². The molecule has 1 aliphatic heterocycles. The van der Waals surface area contributed by atoms with Gasteiger partial charge in [0.15, 0.2) is 0 Å². The van der Waals surface area contributed by atoms with Crippen LogP contribution in [0, 0.1) is 6.92 Å². The number of carbonyl (C=O) groups is 2. The average Bonchev–Trinajstić information content (AvgIpc) is 3.12. The Bertz CT molecular complexity index is 801. The molecule has 132 valence electrons. The molecule has 2 aromatic rings. The van der Waals surface area contributed by atoms with Crippen molar-refractivity contribution < 1.29 is 9.59 Å². The Morgan fingerprint density at radius 2 is 2.04 bits per heavy atom. The number of aromatic nitrogens is 1. The Hall–Kier alpha value is -1.92. The first-order valence-corrected chi connectivity index (χ1v) is 9.41. The highest BCUT2D eigenvalue weighted by molar-refractivity contribution is 7.17. The summed E-state index contributed by atoms with van der Waals surface area (Å²) in [5, 5.41) is 4.29. The Balaban J connectivity index is 1.75. The first-order chi connectivity index (χ1) is 11.9. The predicted molar refractivity (Wildman–Crippen MR) is 100 cm³/mol. The molecular formula is C18H20ClN3O2S. The number of nitrogens with zero attached hydrogens (tertiary/aromatic N) is 2. The minimum atomic E-state index is -0.449. The third kappa shape index (κ3) is 3.70. The predicted octanol–water partition coefficient (Wildman–Crippen LogP) is 3.51. The SMILES string of the molecule is Cc1nc(-c2ccc(Cl)cc2)sc1C(=O)NC1CCN(C(C)C)C1=O. The highest BCUT2D eigenvalue weighted by atomic mass is 35.5. The first-order valence-electron chi connectivity index (χ1n) is 8.21. The number of hydrogen-bond acceptors (Lipinski definition) is 4. The summed E-state index contributed by atoms with van der Waals surface area (Å²) in [5.74, 6) is -0.248. The van der Waals surface area contributed by atoms with Crippen molar-refractivity contribution in [2.24, 2.45) is 0 Å². The van der Waals surface area contributed by atoms with E-state index in [1.165, 1.54) is 11.3 Å². The summed E-state index contributed by atoms with van der Waals surface area (Å²) >= 11 is 7.24. The van der Waals surface area contributed by atoms with Crippen LogP contribution in [-0.2, 0) is 4.79 Å². The normalized spacial score (nSPS) is 17.4. The maximum atomic E-state index is 12.6. The summed E-state index contributed by atoms with van der Waals surface area (Å²) in [5.41, 5.74) is 1.58. The molecule has 3 rings (SSSR count). The fourth-order valence-corrected chi connectivity index (χ4v) is 4.00. The quantitative estimate of drug-likeness (QED) is 0.886. The van der Waals surface area contributed by atoms with Crippen molar-refractivity contribution >= 4 is 34.8 Å². The van der Waals surface area contributed by atoms with Gasteiger partial charge in [-0.15, -0.1) is 11.3 Å². The molecule has 7 heteroatoms. The second-order valence-electron chi connectivity index (χ2n) is 6.38. The lowest BCUT2D eigenvalue weighted by atomic mass is 10.2. The molecule has 5 nitrogen and oxygen atoms in total. The lowest BCUT2D eigenvalue weighted by Gasteiger charge is -2.21. The maximum absolute atomic E-state index is 12.6. The van der Waals surface area contributed by atoms with E-state index in [2.05, 4.69) is 10.3 Å². The number of halogens is 1. The van der Waals surface area contributed by atoms with Crippen molar-refractivity contribution in [3.05, 3.63) is 39.9 Å². The topological polar surface area (TPSA) is 62.3 Å². The third-order valence-corrected chi connectivity index (χ3v) is 5.72. The van der Waals surface area contributed by atoms with Crippen LogP contribution in [-0.4, -0.2) is 40.3 Å². The van der Waals surface area contributed by atoms with Crippen LogP contribution in [0.25, 0.3) is 10.6 Å². The molecular weight excluding hydrogens is 358 g/mol. The molecule has 1 N–H and O–H groups in total. The summed E-state index contributed by atoms with van der Waals surface area (Å²) < 4.78 is 0. The first kappa shape index (κ1) is 17.9. The Labute approximate surface area is 156 Å². The third-order valence-electron chi connectivity index (χ3n) is 4.26. The minimum absolute atomic E-state index is 0.0107. The van der Waals surface area contributed by atoms with E-state index in [0.29, 0.717) is 28.6 Å². The van der Waals surface area contributed by atoms with E-state index < -0.39 is 6.04 Å². The summed E-state index contributed by atoms with van der Waals surface area (Å²) in [6.07, 6.45) is 0.643. The fraction of sp³-hybridized carbons (Fsp3) is 0.389. The number of nitrogens with one attached hydrogen (secondary N) is 1. The molecule has 2 amide bonds. The Morgan fingerprint density at radius 3 is 2.64 bits per heavy atom. The second-order valence-corrected chi connectivity index (χ2v) is 7.82. The molecule has 1 atom stereocenters. The van der Waals surface area contributed by atoms with Gasteiger partial charge < -0.3 is 10.2 Å². The van der Waals surface area contributed by atoms with Crippen LogP contribution in [0.1, 0.15) is 35.6 Å². The van der Waals surface area contributed by atoms with Crippen molar-refractivity contribution in [3.63, 3.8) is 0 Å². The zero-order chi connectivity index (χ0) is 18.1. The zero-order valence-electron chi connectivity index (χ0n) is 14.4. The number of amides is 2. The fourth-order valence-electron chi connectivity index (χ4n) is 2.90. The molecule has 0 aliphatic carbocycles. The number of hydrogen-bond donors (Lipinski definition) is 1. The van der Waals surface area contributed by atoms with Crippen molar-refractivity contribution in [2.45, 2.75) is 39.3 Å². The smallest absolute Gasteiger partial charge is 0.263 e. The van der Waals surface area contributed by atoms with E-state index in [9.17, 15) is 9.59 Å². The molecule has 1 aromatic carbocycles. The van der Waals surface area contributed by atoms with Gasteiger partial charge in [-0.2, -0.15) is 0 Å². The van der Waals surface area contributed by atoms with E-state index >= 15 is 0 Å². The van der Waals surface area contributed by atoms with Gasteiger partial charge >= 0.3 is 0 Å². The van der Waals surface area contributed by atoms with E-state index in [0.717, 1.165) is 10.6 Å². The Morgan fingerprint density at radius 1 is 1.36 bits per heavy atom. The maximum Gasteiger partial charge on any atom is 0.263 e. The van der Waals surface area contributed by atoms with E-state index in [4.69, 9.17) is 11.6 Å². The van der Waals surface area contributed by atoms with Gasteiger partial charge in [-0.1, -0.05) is 23.7 Å². The molecule has 2 heterocycles. The van der Waals surface area contributed by atoms with Gasteiger partial charge in [0.25, 0.3) is 5.91 Å². The number of rotatable bonds is 4. The molecule has 1 aromatic heterocycles. The van der Waals surface area contributed by atoms with E-state index in [1.807, 2.05) is 32.9 Å². The summed E-state index contributed by atoms with van der Waals surface area (Å²) in [7, 11) is 0. The monoisotopic (exact) mass is 377 g/mol. The lowest BCUT2D eigenvalue weighted by molar-refractivity contribution is -0.130. The minimum Gasteiger partial charge on any atom is -0.339 e. The number of benzene rings is 1. The molecule has 1 fully saturated rings. The number of aryl methyl sites for hydroxylation is 1. The lowest BCUT2D eigenvalue weighted by Crippen LogP contribution is -2.43. The van der Waals surface area contributed by atoms with Crippen LogP contribution in [0.15, 0.2) is 24.3 Å². The molecule has 0 spiro atoms. The number of carbonyl (C=O) groups excluding carboxylic acids is 2. The van der Waals surface area contributed by atoms with Gasteiger partial charge in [0, 0.05) is 23.2 Å². The largest absolute Gasteiger partial charge is 0.339 e. The van der Waals surface area contributed by atoms with Crippen molar-refractivity contribution in [1.29, 1.82) is 0 Å². The Kier molecular flexibility index (Phi) is 5.11. The number of thiazole rings is 1. The van der Waals surface area contributed by atoms with Crippen molar-refractivity contribution in [2.75, 3.05) is 6.54 Å². The molecule has 25 heavy (non-hydrogen) atoms.